The van der Waals surface area contributed by atoms with Gasteiger partial charge in [-0.2, -0.15) is 0 Å². The van der Waals surface area contributed by atoms with Crippen LogP contribution in [0.3, 0.4) is 0 Å². The summed E-state index contributed by atoms with van der Waals surface area (Å²) in [4.78, 5) is 20.2. The van der Waals surface area contributed by atoms with E-state index in [9.17, 15) is 4.79 Å². The number of rotatable bonds is 1. The molecule has 1 amide bonds. The smallest absolute Gasteiger partial charge is 0.280 e. The first-order valence-corrected chi connectivity index (χ1v) is 6.12. The predicted octanol–water partition coefficient (Wildman–Crippen LogP) is 0.393. The van der Waals surface area contributed by atoms with Crippen LogP contribution in [0, 0.1) is 0 Å². The first-order valence-electron chi connectivity index (χ1n) is 6.12. The summed E-state index contributed by atoms with van der Waals surface area (Å²) in [5, 5.41) is 2.85. The van der Waals surface area contributed by atoms with Gasteiger partial charge in [-0.15, -0.1) is 0 Å². The quantitative estimate of drug-likeness (QED) is 0.773. The summed E-state index contributed by atoms with van der Waals surface area (Å²) < 4.78 is 0. The summed E-state index contributed by atoms with van der Waals surface area (Å²) in [5.74, 6) is 0.0248. The first-order chi connectivity index (χ1) is 8.72. The number of benzene rings is 1. The SMILES string of the molecule is CC1=[NH+]O[C@@]2(C1)C(=O)N(C1=CC1)c1ccccc12. The second kappa shape index (κ2) is 3.02. The van der Waals surface area contributed by atoms with Gasteiger partial charge in [0.05, 0.1) is 12.1 Å². The van der Waals surface area contributed by atoms with Crippen molar-refractivity contribution >= 4 is 17.3 Å². The molecule has 4 heteroatoms. The van der Waals surface area contributed by atoms with Crippen molar-refractivity contribution in [3.63, 3.8) is 0 Å². The molecule has 4 nitrogen and oxygen atoms in total. The van der Waals surface area contributed by atoms with Gasteiger partial charge in [0, 0.05) is 24.6 Å². The maximum Gasteiger partial charge on any atom is 0.293 e. The molecule has 0 saturated carbocycles. The molecular weight excluding hydrogens is 228 g/mol. The molecule has 1 N–H and O–H groups in total. The highest BCUT2D eigenvalue weighted by Gasteiger charge is 2.60. The average Bonchev–Trinajstić information content (AvgIpc) is 3.08. The molecule has 1 atom stereocenters. The fourth-order valence-electron chi connectivity index (χ4n) is 2.82. The lowest BCUT2D eigenvalue weighted by Crippen LogP contribution is -2.69. The zero-order chi connectivity index (χ0) is 12.3. The molecule has 1 aliphatic carbocycles. The van der Waals surface area contributed by atoms with Crippen molar-refractivity contribution in [3.05, 3.63) is 41.6 Å². The number of carbonyl (C=O) groups excluding carboxylic acids is 1. The molecule has 18 heavy (non-hydrogen) atoms. The van der Waals surface area contributed by atoms with Crippen molar-refractivity contribution in [3.8, 4) is 0 Å². The number of amides is 1. The molecule has 1 aromatic carbocycles. The molecule has 2 heterocycles. The lowest BCUT2D eigenvalue weighted by atomic mass is 9.91. The van der Waals surface area contributed by atoms with E-state index in [1.54, 1.807) is 4.90 Å². The number of nitrogens with zero attached hydrogens (tertiary/aromatic N) is 1. The standard InChI is InChI=1S/C14H12N2O2/c1-9-8-14(18-15-9)11-4-2-3-5-12(11)16(13(14)17)10-6-7-10/h2-6H,7-8H2,1H3/p+1/t14-/m1/s1. The van der Waals surface area contributed by atoms with E-state index in [2.05, 4.69) is 11.2 Å². The van der Waals surface area contributed by atoms with Crippen molar-refractivity contribution in [2.24, 2.45) is 0 Å². The number of anilines is 1. The van der Waals surface area contributed by atoms with Gasteiger partial charge in [-0.05, 0) is 11.2 Å². The molecule has 0 fully saturated rings. The van der Waals surface area contributed by atoms with Crippen molar-refractivity contribution < 1.29 is 14.8 Å². The van der Waals surface area contributed by atoms with Crippen LogP contribution in [0.15, 0.2) is 36.0 Å². The highest BCUT2D eigenvalue weighted by atomic mass is 16.7. The maximum atomic E-state index is 12.7. The molecule has 0 unspecified atom stereocenters. The Balaban J connectivity index is 1.91. The molecule has 4 rings (SSSR count). The van der Waals surface area contributed by atoms with Gasteiger partial charge in [-0.1, -0.05) is 24.3 Å². The van der Waals surface area contributed by atoms with Crippen molar-refractivity contribution in [2.45, 2.75) is 25.4 Å². The number of carbonyl (C=O) groups is 1. The highest BCUT2D eigenvalue weighted by molar-refractivity contribution is 6.11. The molecule has 0 aromatic heterocycles. The van der Waals surface area contributed by atoms with Crippen molar-refractivity contribution in [1.82, 2.24) is 0 Å². The van der Waals surface area contributed by atoms with Crippen LogP contribution >= 0.6 is 0 Å². The zero-order valence-electron chi connectivity index (χ0n) is 10.1. The molecule has 0 bridgehead atoms. The third kappa shape index (κ3) is 1.05. The van der Waals surface area contributed by atoms with Crippen molar-refractivity contribution in [2.75, 3.05) is 4.90 Å². The number of nitrogens with one attached hydrogen (secondary N) is 1. The zero-order valence-corrected chi connectivity index (χ0v) is 10.1. The maximum absolute atomic E-state index is 12.7. The molecular formula is C14H13N2O2+. The third-order valence-corrected chi connectivity index (χ3v) is 3.72. The molecule has 1 spiro atoms. The molecule has 3 aliphatic rings. The normalized spacial score (nSPS) is 28.1. The van der Waals surface area contributed by atoms with E-state index in [0.29, 0.717) is 6.42 Å². The van der Waals surface area contributed by atoms with Crippen molar-refractivity contribution in [1.29, 1.82) is 0 Å². The minimum Gasteiger partial charge on any atom is -0.280 e. The molecule has 2 aliphatic heterocycles. The number of allylic oxidation sites excluding steroid dienone is 2. The highest BCUT2D eigenvalue weighted by Crippen LogP contribution is 2.48. The van der Waals surface area contributed by atoms with Crippen LogP contribution < -0.4 is 10.1 Å². The summed E-state index contributed by atoms with van der Waals surface area (Å²) >= 11 is 0. The lowest BCUT2D eigenvalue weighted by Gasteiger charge is -2.16. The van der Waals surface area contributed by atoms with Gasteiger partial charge in [-0.3, -0.25) is 14.5 Å². The number of fused-ring (bicyclic) bond motifs is 2. The minimum absolute atomic E-state index is 0.0248. The fourth-order valence-corrected chi connectivity index (χ4v) is 2.82. The predicted molar refractivity (Wildman–Crippen MR) is 65.7 cm³/mol. The molecule has 0 radical (unpaired) electrons. The van der Waals surface area contributed by atoms with Gasteiger partial charge >= 0.3 is 0 Å². The Labute approximate surface area is 105 Å². The summed E-state index contributed by atoms with van der Waals surface area (Å²) in [6, 6.07) is 7.88. The Hall–Kier alpha value is -2.10. The van der Waals surface area contributed by atoms with Crippen LogP contribution in [0.2, 0.25) is 0 Å². The van der Waals surface area contributed by atoms with E-state index in [-0.39, 0.29) is 5.91 Å². The van der Waals surface area contributed by atoms with Crippen LogP contribution in [-0.2, 0) is 15.2 Å². The lowest BCUT2D eigenvalue weighted by molar-refractivity contribution is -0.762. The first kappa shape index (κ1) is 9.88. The van der Waals surface area contributed by atoms with E-state index >= 15 is 0 Å². The number of hydrogen-bond acceptors (Lipinski definition) is 2. The molecule has 1 aromatic rings. The largest absolute Gasteiger partial charge is 0.293 e. The van der Waals surface area contributed by atoms with Crippen LogP contribution in [-0.4, -0.2) is 11.6 Å². The second-order valence-electron chi connectivity index (χ2n) is 5.05. The Morgan fingerprint density at radius 1 is 1.39 bits per heavy atom. The summed E-state index contributed by atoms with van der Waals surface area (Å²) in [6.07, 6.45) is 3.56. The average molecular weight is 241 g/mol. The second-order valence-corrected chi connectivity index (χ2v) is 5.05. The van der Waals surface area contributed by atoms with Gasteiger partial charge in [0.25, 0.3) is 11.5 Å². The fraction of sp³-hybridized carbons (Fsp3) is 0.286. The van der Waals surface area contributed by atoms with E-state index in [1.165, 1.54) is 0 Å². The van der Waals surface area contributed by atoms with Crippen LogP contribution in [0.5, 0.6) is 0 Å². The topological polar surface area (TPSA) is 43.5 Å². The van der Waals surface area contributed by atoms with Gasteiger partial charge < -0.3 is 0 Å². The van der Waals surface area contributed by atoms with E-state index in [0.717, 1.165) is 29.1 Å². The third-order valence-electron chi connectivity index (χ3n) is 3.72. The van der Waals surface area contributed by atoms with Gasteiger partial charge in [0.15, 0.2) is 0 Å². The molecule has 90 valence electrons. The summed E-state index contributed by atoms with van der Waals surface area (Å²) in [7, 11) is 0. The van der Waals surface area contributed by atoms with Crippen LogP contribution in [0.25, 0.3) is 0 Å². The van der Waals surface area contributed by atoms with Crippen LogP contribution in [0.4, 0.5) is 5.69 Å². The van der Waals surface area contributed by atoms with E-state index in [4.69, 9.17) is 4.84 Å². The van der Waals surface area contributed by atoms with E-state index < -0.39 is 5.60 Å². The number of para-hydroxylation sites is 1. The van der Waals surface area contributed by atoms with Crippen LogP contribution in [0.1, 0.15) is 25.3 Å². The monoisotopic (exact) mass is 241 g/mol. The minimum atomic E-state index is -0.857. The van der Waals surface area contributed by atoms with Gasteiger partial charge in [-0.25, -0.2) is 0 Å². The molecule has 0 saturated heterocycles. The Bertz CT molecular complexity index is 632. The Kier molecular flexibility index (Phi) is 1.66. The van der Waals surface area contributed by atoms with E-state index in [1.807, 2.05) is 31.2 Å². The van der Waals surface area contributed by atoms with Gasteiger partial charge in [0.1, 0.15) is 0 Å². The summed E-state index contributed by atoms with van der Waals surface area (Å²) in [6.45, 7) is 1.95. The number of hydrogen-bond donors (Lipinski definition) is 1. The summed E-state index contributed by atoms with van der Waals surface area (Å²) in [5.41, 5.74) is 3.14. The Morgan fingerprint density at radius 2 is 2.17 bits per heavy atom. The van der Waals surface area contributed by atoms with Gasteiger partial charge in [0.2, 0.25) is 5.71 Å². The Morgan fingerprint density at radius 3 is 2.83 bits per heavy atom.